The summed E-state index contributed by atoms with van der Waals surface area (Å²) in [7, 11) is 0. The SMILES string of the molecule is Cc1ccc(-c2cc(C(N)=O)c(C)cc2N2C=C(C(=O)O)[C@H](c3ccc(F)cc3)CC2=O)cn1. The standard InChI is InChI=1S/C26H22FN3O4/c1-14-9-23(21(10-19(14)25(28)32)17-4-3-15(2)29-12-17)30-13-22(26(33)34)20(11-24(30)31)16-5-7-18(27)8-6-16/h3-10,12-13,20H,11H2,1-2H3,(H2,28,32)(H,33,34)/t20-/m0/s1. The maximum Gasteiger partial charge on any atom is 0.333 e. The zero-order valence-corrected chi connectivity index (χ0v) is 18.6. The molecule has 2 aromatic carbocycles. The zero-order valence-electron chi connectivity index (χ0n) is 18.6. The van der Waals surface area contributed by atoms with Gasteiger partial charge in [-0.15, -0.1) is 0 Å². The van der Waals surface area contributed by atoms with Crippen LogP contribution >= 0.6 is 0 Å². The number of carboxylic acids is 1. The Morgan fingerprint density at radius 2 is 1.82 bits per heavy atom. The molecule has 2 heterocycles. The number of anilines is 1. The van der Waals surface area contributed by atoms with Gasteiger partial charge in [0.2, 0.25) is 11.8 Å². The smallest absolute Gasteiger partial charge is 0.333 e. The second-order valence-corrected chi connectivity index (χ2v) is 8.20. The van der Waals surface area contributed by atoms with Crippen LogP contribution in [-0.2, 0) is 9.59 Å². The Kier molecular flexibility index (Phi) is 5.98. The molecule has 1 aliphatic rings. The number of aliphatic carboxylic acids is 1. The van der Waals surface area contributed by atoms with E-state index in [9.17, 15) is 23.9 Å². The summed E-state index contributed by atoms with van der Waals surface area (Å²) in [5, 5.41) is 9.91. The number of hydrogen-bond acceptors (Lipinski definition) is 4. The second kappa shape index (κ2) is 8.90. The minimum Gasteiger partial charge on any atom is -0.478 e. The van der Waals surface area contributed by atoms with Gasteiger partial charge in [-0.1, -0.05) is 18.2 Å². The quantitative estimate of drug-likeness (QED) is 0.597. The predicted octanol–water partition coefficient (Wildman–Crippen LogP) is 4.09. The molecule has 2 amide bonds. The molecule has 4 rings (SSSR count). The van der Waals surface area contributed by atoms with Gasteiger partial charge in [-0.05, 0) is 55.3 Å². The van der Waals surface area contributed by atoms with E-state index in [1.165, 1.54) is 35.4 Å². The van der Waals surface area contributed by atoms with Gasteiger partial charge in [-0.3, -0.25) is 19.5 Å². The van der Waals surface area contributed by atoms with Gasteiger partial charge >= 0.3 is 5.97 Å². The van der Waals surface area contributed by atoms with Crippen LogP contribution in [0.4, 0.5) is 10.1 Å². The third kappa shape index (κ3) is 4.30. The van der Waals surface area contributed by atoms with E-state index in [1.54, 1.807) is 37.4 Å². The number of carbonyl (C=O) groups is 3. The van der Waals surface area contributed by atoms with Crippen molar-refractivity contribution in [1.29, 1.82) is 0 Å². The largest absolute Gasteiger partial charge is 0.478 e. The molecule has 7 nitrogen and oxygen atoms in total. The first kappa shape index (κ1) is 22.8. The molecule has 0 radical (unpaired) electrons. The van der Waals surface area contributed by atoms with Crippen LogP contribution in [0.15, 0.2) is 66.5 Å². The van der Waals surface area contributed by atoms with Gasteiger partial charge in [-0.2, -0.15) is 0 Å². The first-order valence-corrected chi connectivity index (χ1v) is 10.6. The van der Waals surface area contributed by atoms with Crippen molar-refractivity contribution in [2.75, 3.05) is 4.90 Å². The fourth-order valence-corrected chi connectivity index (χ4v) is 4.10. The first-order chi connectivity index (χ1) is 16.2. The highest BCUT2D eigenvalue weighted by Gasteiger charge is 2.34. The number of hydrogen-bond donors (Lipinski definition) is 2. The molecule has 0 aliphatic carbocycles. The molecule has 0 saturated heterocycles. The van der Waals surface area contributed by atoms with E-state index in [1.807, 2.05) is 6.92 Å². The van der Waals surface area contributed by atoms with Crippen molar-refractivity contribution in [2.45, 2.75) is 26.2 Å². The summed E-state index contributed by atoms with van der Waals surface area (Å²) in [6, 6.07) is 12.3. The Balaban J connectivity index is 1.89. The molecule has 3 N–H and O–H groups in total. The molecule has 0 spiro atoms. The van der Waals surface area contributed by atoms with Gasteiger partial charge in [0.25, 0.3) is 0 Å². The van der Waals surface area contributed by atoms with Crippen LogP contribution in [0.1, 0.15) is 39.5 Å². The van der Waals surface area contributed by atoms with Crippen molar-refractivity contribution in [3.8, 4) is 11.1 Å². The lowest BCUT2D eigenvalue weighted by Gasteiger charge is -2.31. The van der Waals surface area contributed by atoms with E-state index in [0.717, 1.165) is 5.69 Å². The molecule has 0 fully saturated rings. The number of nitrogens with zero attached hydrogens (tertiary/aromatic N) is 2. The van der Waals surface area contributed by atoms with E-state index in [4.69, 9.17) is 5.73 Å². The summed E-state index contributed by atoms with van der Waals surface area (Å²) in [5.74, 6) is -3.32. The summed E-state index contributed by atoms with van der Waals surface area (Å²) in [5.41, 5.74) is 9.26. The number of pyridine rings is 1. The van der Waals surface area contributed by atoms with Crippen molar-refractivity contribution < 1.29 is 23.9 Å². The fourth-order valence-electron chi connectivity index (χ4n) is 4.10. The van der Waals surface area contributed by atoms with Crippen molar-refractivity contribution in [1.82, 2.24) is 4.98 Å². The normalized spacial score (nSPS) is 15.7. The Bertz CT molecular complexity index is 1330. The topological polar surface area (TPSA) is 114 Å². The highest BCUT2D eigenvalue weighted by Crippen LogP contribution is 2.39. The minimum atomic E-state index is -1.18. The zero-order chi connectivity index (χ0) is 24.6. The molecule has 0 unspecified atom stereocenters. The van der Waals surface area contributed by atoms with Crippen LogP contribution < -0.4 is 10.6 Å². The maximum atomic E-state index is 13.4. The van der Waals surface area contributed by atoms with Gasteiger partial charge < -0.3 is 10.8 Å². The van der Waals surface area contributed by atoms with E-state index >= 15 is 0 Å². The number of halogens is 1. The van der Waals surface area contributed by atoms with Crippen LogP contribution in [0, 0.1) is 19.7 Å². The molecule has 34 heavy (non-hydrogen) atoms. The molecule has 1 aromatic heterocycles. The van der Waals surface area contributed by atoms with Crippen LogP contribution in [-0.4, -0.2) is 27.9 Å². The Morgan fingerprint density at radius 1 is 1.12 bits per heavy atom. The van der Waals surface area contributed by atoms with E-state index in [2.05, 4.69) is 4.98 Å². The van der Waals surface area contributed by atoms with E-state index in [-0.39, 0.29) is 23.5 Å². The summed E-state index contributed by atoms with van der Waals surface area (Å²) < 4.78 is 13.4. The van der Waals surface area contributed by atoms with Crippen molar-refractivity contribution in [2.24, 2.45) is 5.73 Å². The molecule has 1 atom stereocenters. The molecular weight excluding hydrogens is 437 g/mol. The van der Waals surface area contributed by atoms with Gasteiger partial charge in [0, 0.05) is 47.1 Å². The van der Waals surface area contributed by atoms with Crippen LogP contribution in [0.5, 0.6) is 0 Å². The second-order valence-electron chi connectivity index (χ2n) is 8.20. The number of primary amides is 1. The number of benzene rings is 2. The number of carbonyl (C=O) groups excluding carboxylic acids is 2. The van der Waals surface area contributed by atoms with Crippen molar-refractivity contribution >= 4 is 23.5 Å². The average molecular weight is 459 g/mol. The highest BCUT2D eigenvalue weighted by atomic mass is 19.1. The van der Waals surface area contributed by atoms with E-state index < -0.39 is 23.6 Å². The average Bonchev–Trinajstić information content (AvgIpc) is 2.79. The van der Waals surface area contributed by atoms with Crippen molar-refractivity contribution in [3.63, 3.8) is 0 Å². The molecule has 3 aromatic rings. The lowest BCUT2D eigenvalue weighted by atomic mass is 9.85. The fraction of sp³-hybridized carbons (Fsp3) is 0.154. The van der Waals surface area contributed by atoms with Gasteiger partial charge in [0.05, 0.1) is 11.3 Å². The third-order valence-electron chi connectivity index (χ3n) is 5.90. The number of aromatic nitrogens is 1. The van der Waals surface area contributed by atoms with E-state index in [0.29, 0.717) is 27.9 Å². The molecule has 0 saturated carbocycles. The summed E-state index contributed by atoms with van der Waals surface area (Å²) >= 11 is 0. The predicted molar refractivity (Wildman–Crippen MR) is 125 cm³/mol. The van der Waals surface area contributed by atoms with Crippen LogP contribution in [0.25, 0.3) is 11.1 Å². The Hall–Kier alpha value is -4.33. The third-order valence-corrected chi connectivity index (χ3v) is 5.90. The Morgan fingerprint density at radius 3 is 2.41 bits per heavy atom. The summed E-state index contributed by atoms with van der Waals surface area (Å²) in [6.07, 6.45) is 2.80. The lowest BCUT2D eigenvalue weighted by molar-refractivity contribution is -0.133. The van der Waals surface area contributed by atoms with Crippen molar-refractivity contribution in [3.05, 3.63) is 94.7 Å². The Labute approximate surface area is 195 Å². The number of amides is 2. The van der Waals surface area contributed by atoms with Gasteiger partial charge in [0.15, 0.2) is 0 Å². The molecule has 0 bridgehead atoms. The highest BCUT2D eigenvalue weighted by molar-refractivity contribution is 6.06. The maximum absolute atomic E-state index is 13.4. The molecule has 1 aliphatic heterocycles. The van der Waals surface area contributed by atoms with Gasteiger partial charge in [-0.25, -0.2) is 9.18 Å². The number of nitrogens with two attached hydrogens (primary N) is 1. The first-order valence-electron chi connectivity index (χ1n) is 10.6. The monoisotopic (exact) mass is 459 g/mol. The summed E-state index contributed by atoms with van der Waals surface area (Å²) in [6.45, 7) is 3.53. The van der Waals surface area contributed by atoms with Crippen LogP contribution in [0.2, 0.25) is 0 Å². The minimum absolute atomic E-state index is 0.00387. The number of aryl methyl sites for hydroxylation is 2. The number of rotatable bonds is 5. The molecule has 8 heteroatoms. The summed E-state index contributed by atoms with van der Waals surface area (Å²) in [4.78, 5) is 43.0. The molecular formula is C26H22FN3O4. The lowest BCUT2D eigenvalue weighted by Crippen LogP contribution is -2.34. The number of carboxylic acid groups (broad SMARTS) is 1. The molecule has 172 valence electrons. The van der Waals surface area contributed by atoms with Gasteiger partial charge in [0.1, 0.15) is 5.82 Å². The van der Waals surface area contributed by atoms with Crippen LogP contribution in [0.3, 0.4) is 0 Å².